The van der Waals surface area contributed by atoms with Gasteiger partial charge in [-0.3, -0.25) is 10.1 Å². The van der Waals surface area contributed by atoms with Crippen molar-refractivity contribution >= 4 is 17.3 Å². The van der Waals surface area contributed by atoms with Crippen molar-refractivity contribution in [2.45, 2.75) is 13.5 Å². The summed E-state index contributed by atoms with van der Waals surface area (Å²) in [6.07, 6.45) is 0. The number of anilines is 1. The van der Waals surface area contributed by atoms with Crippen LogP contribution in [0.1, 0.15) is 21.5 Å². The summed E-state index contributed by atoms with van der Waals surface area (Å²) in [6.45, 7) is 2.65. The summed E-state index contributed by atoms with van der Waals surface area (Å²) >= 11 is 0. The molecule has 29 heavy (non-hydrogen) atoms. The number of nitro groups is 1. The lowest BCUT2D eigenvalue weighted by atomic mass is 10.1. The molecule has 156 valence electrons. The van der Waals surface area contributed by atoms with Gasteiger partial charge in [0.15, 0.2) is 11.5 Å². The lowest BCUT2D eigenvalue weighted by Crippen LogP contribution is -2.11. The van der Waals surface area contributed by atoms with E-state index < -0.39 is 10.9 Å². The van der Waals surface area contributed by atoms with Gasteiger partial charge in [-0.05, 0) is 42.3 Å². The van der Waals surface area contributed by atoms with Crippen LogP contribution in [0, 0.1) is 17.0 Å². The van der Waals surface area contributed by atoms with Crippen molar-refractivity contribution in [3.63, 3.8) is 0 Å². The Kier molecular flexibility index (Phi) is 7.79. The van der Waals surface area contributed by atoms with Gasteiger partial charge in [0.2, 0.25) is 0 Å². The van der Waals surface area contributed by atoms with Gasteiger partial charge in [0, 0.05) is 19.7 Å². The first-order valence-electron chi connectivity index (χ1n) is 8.81. The number of esters is 1. The molecular weight excluding hydrogens is 380 g/mol. The fourth-order valence-corrected chi connectivity index (χ4v) is 2.65. The average Bonchev–Trinajstić information content (AvgIpc) is 2.72. The minimum atomic E-state index is -0.661. The van der Waals surface area contributed by atoms with E-state index in [1.807, 2.05) is 6.92 Å². The third-order valence-electron chi connectivity index (χ3n) is 4.25. The monoisotopic (exact) mass is 404 g/mol. The van der Waals surface area contributed by atoms with E-state index in [2.05, 4.69) is 5.32 Å². The molecular formula is C20H24N2O7. The molecule has 0 aliphatic rings. The third-order valence-corrected chi connectivity index (χ3v) is 4.25. The van der Waals surface area contributed by atoms with Gasteiger partial charge in [-0.2, -0.15) is 0 Å². The predicted octanol–water partition coefficient (Wildman–Crippen LogP) is 3.34. The van der Waals surface area contributed by atoms with Crippen molar-refractivity contribution in [2.75, 3.05) is 39.8 Å². The Morgan fingerprint density at radius 1 is 1.10 bits per heavy atom. The van der Waals surface area contributed by atoms with E-state index in [-0.39, 0.29) is 17.9 Å². The number of rotatable bonds is 10. The molecule has 0 radical (unpaired) electrons. The Bertz CT molecular complexity index is 883. The lowest BCUT2D eigenvalue weighted by Gasteiger charge is -2.13. The summed E-state index contributed by atoms with van der Waals surface area (Å²) in [6, 6.07) is 7.66. The highest BCUT2D eigenvalue weighted by Gasteiger charge is 2.19. The van der Waals surface area contributed by atoms with Gasteiger partial charge >= 0.3 is 5.97 Å². The largest absolute Gasteiger partial charge is 0.493 e. The van der Waals surface area contributed by atoms with Crippen LogP contribution in [-0.2, 0) is 16.1 Å². The zero-order chi connectivity index (χ0) is 21.4. The van der Waals surface area contributed by atoms with Gasteiger partial charge < -0.3 is 24.3 Å². The summed E-state index contributed by atoms with van der Waals surface area (Å²) in [5, 5.41) is 14.2. The normalized spacial score (nSPS) is 10.3. The van der Waals surface area contributed by atoms with Crippen LogP contribution in [0.5, 0.6) is 11.5 Å². The number of benzene rings is 2. The molecule has 0 atom stereocenters. The van der Waals surface area contributed by atoms with Crippen LogP contribution in [0.4, 0.5) is 11.4 Å². The van der Waals surface area contributed by atoms with Crippen LogP contribution < -0.4 is 14.8 Å². The second-order valence-corrected chi connectivity index (χ2v) is 6.12. The number of methoxy groups -OCH3 is 3. The second kappa shape index (κ2) is 10.3. The van der Waals surface area contributed by atoms with Gasteiger partial charge in [0.25, 0.3) is 5.69 Å². The van der Waals surface area contributed by atoms with Crippen LogP contribution in [0.2, 0.25) is 0 Å². The van der Waals surface area contributed by atoms with E-state index in [9.17, 15) is 14.9 Å². The summed E-state index contributed by atoms with van der Waals surface area (Å²) in [5.74, 6) is 0.435. The Morgan fingerprint density at radius 2 is 1.79 bits per heavy atom. The van der Waals surface area contributed by atoms with Gasteiger partial charge in [-0.15, -0.1) is 0 Å². The summed E-state index contributed by atoms with van der Waals surface area (Å²) in [4.78, 5) is 23.2. The highest BCUT2D eigenvalue weighted by Crippen LogP contribution is 2.31. The maximum atomic E-state index is 12.4. The molecule has 2 aromatic carbocycles. The molecule has 0 saturated carbocycles. The number of nitro benzene ring substituents is 1. The van der Waals surface area contributed by atoms with Crippen LogP contribution in [0.15, 0.2) is 30.3 Å². The first kappa shape index (κ1) is 22.0. The number of carbonyl (C=O) groups excluding carboxylic acids is 1. The van der Waals surface area contributed by atoms with E-state index in [1.165, 1.54) is 39.5 Å². The fraction of sp³-hybridized carbons (Fsp3) is 0.350. The van der Waals surface area contributed by atoms with Crippen molar-refractivity contribution in [1.29, 1.82) is 0 Å². The molecule has 2 aromatic rings. The first-order chi connectivity index (χ1) is 13.9. The number of hydrogen-bond acceptors (Lipinski definition) is 8. The zero-order valence-corrected chi connectivity index (χ0v) is 16.8. The van der Waals surface area contributed by atoms with Crippen LogP contribution in [0.25, 0.3) is 0 Å². The molecule has 9 heteroatoms. The molecule has 0 spiro atoms. The van der Waals surface area contributed by atoms with Crippen molar-refractivity contribution in [1.82, 2.24) is 0 Å². The lowest BCUT2D eigenvalue weighted by molar-refractivity contribution is -0.384. The molecule has 0 aliphatic carbocycles. The maximum Gasteiger partial charge on any atom is 0.338 e. The second-order valence-electron chi connectivity index (χ2n) is 6.12. The summed E-state index contributed by atoms with van der Waals surface area (Å²) in [7, 11) is 4.59. The molecule has 9 nitrogen and oxygen atoms in total. The van der Waals surface area contributed by atoms with E-state index in [0.29, 0.717) is 30.3 Å². The Hall–Kier alpha value is -3.33. The molecule has 0 saturated heterocycles. The van der Waals surface area contributed by atoms with Gasteiger partial charge in [0.05, 0.1) is 31.3 Å². The number of carbonyl (C=O) groups is 1. The standard InChI is InChI=1S/C20H24N2O7/c1-13-9-18(27-3)19(28-4)11-15(13)12-29-20(23)14-5-6-16(21-7-8-26-2)17(10-14)22(24)25/h5-6,9-11,21H,7-8,12H2,1-4H3. The van der Waals surface area contributed by atoms with Crippen molar-refractivity contribution < 1.29 is 28.7 Å². The van der Waals surface area contributed by atoms with Crippen molar-refractivity contribution in [3.8, 4) is 11.5 Å². The van der Waals surface area contributed by atoms with E-state index >= 15 is 0 Å². The molecule has 0 bridgehead atoms. The third kappa shape index (κ3) is 5.58. The zero-order valence-electron chi connectivity index (χ0n) is 16.8. The molecule has 2 rings (SSSR count). The minimum Gasteiger partial charge on any atom is -0.493 e. The summed E-state index contributed by atoms with van der Waals surface area (Å²) < 4.78 is 20.8. The number of hydrogen-bond donors (Lipinski definition) is 1. The molecule has 0 aliphatic heterocycles. The minimum absolute atomic E-state index is 0.00728. The summed E-state index contributed by atoms with van der Waals surface area (Å²) in [5.41, 5.74) is 1.78. The Labute approximate surface area is 168 Å². The molecule has 0 amide bonds. The first-order valence-corrected chi connectivity index (χ1v) is 8.81. The highest BCUT2D eigenvalue weighted by atomic mass is 16.6. The molecule has 0 fully saturated rings. The molecule has 1 N–H and O–H groups in total. The number of nitrogens with zero attached hydrogens (tertiary/aromatic N) is 1. The SMILES string of the molecule is COCCNc1ccc(C(=O)OCc2cc(OC)c(OC)cc2C)cc1[N+](=O)[O-]. The molecule has 0 unspecified atom stereocenters. The Balaban J connectivity index is 2.15. The van der Waals surface area contributed by atoms with Crippen LogP contribution in [0.3, 0.4) is 0 Å². The smallest absolute Gasteiger partial charge is 0.338 e. The topological polar surface area (TPSA) is 109 Å². The number of aryl methyl sites for hydroxylation is 1. The van der Waals surface area contributed by atoms with Gasteiger partial charge in [0.1, 0.15) is 12.3 Å². The quantitative estimate of drug-likeness (QED) is 0.278. The van der Waals surface area contributed by atoms with Gasteiger partial charge in [-0.1, -0.05) is 0 Å². The number of nitrogens with one attached hydrogen (secondary N) is 1. The Morgan fingerprint density at radius 3 is 2.41 bits per heavy atom. The van der Waals surface area contributed by atoms with Crippen LogP contribution in [-0.4, -0.2) is 45.4 Å². The van der Waals surface area contributed by atoms with Crippen molar-refractivity contribution in [3.05, 3.63) is 57.1 Å². The molecule has 0 heterocycles. The average molecular weight is 404 g/mol. The predicted molar refractivity (Wildman–Crippen MR) is 107 cm³/mol. The van der Waals surface area contributed by atoms with E-state index in [4.69, 9.17) is 18.9 Å². The molecule has 0 aromatic heterocycles. The maximum absolute atomic E-state index is 12.4. The van der Waals surface area contributed by atoms with Gasteiger partial charge in [-0.25, -0.2) is 4.79 Å². The van der Waals surface area contributed by atoms with Crippen molar-refractivity contribution in [2.24, 2.45) is 0 Å². The van der Waals surface area contributed by atoms with E-state index in [0.717, 1.165) is 11.1 Å². The fourth-order valence-electron chi connectivity index (χ4n) is 2.65. The van der Waals surface area contributed by atoms with Crippen LogP contribution >= 0.6 is 0 Å². The highest BCUT2D eigenvalue weighted by molar-refractivity contribution is 5.91. The van der Waals surface area contributed by atoms with E-state index in [1.54, 1.807) is 12.1 Å². The number of ether oxygens (including phenoxy) is 4.